The Balaban J connectivity index is 1.99. The van der Waals surface area contributed by atoms with Crippen molar-refractivity contribution in [3.8, 4) is 0 Å². The molecule has 0 saturated heterocycles. The fourth-order valence-corrected chi connectivity index (χ4v) is 3.70. The molecule has 3 nitrogen and oxygen atoms in total. The molecule has 3 atom stereocenters. The van der Waals surface area contributed by atoms with E-state index in [1.165, 1.54) is 31.2 Å². The van der Waals surface area contributed by atoms with Crippen molar-refractivity contribution in [3.05, 3.63) is 28.8 Å². The van der Waals surface area contributed by atoms with Gasteiger partial charge in [0, 0.05) is 11.6 Å². The molecule has 0 aliphatic heterocycles. The zero-order valence-corrected chi connectivity index (χ0v) is 14.7. The van der Waals surface area contributed by atoms with Gasteiger partial charge in [-0.2, -0.15) is 0 Å². The minimum absolute atomic E-state index is 0.0364. The second-order valence-electron chi connectivity index (χ2n) is 7.17. The normalized spacial score (nSPS) is 23.1. The molecule has 0 aromatic heterocycles. The minimum atomic E-state index is -0.0364. The van der Waals surface area contributed by atoms with Crippen LogP contribution in [0.5, 0.6) is 0 Å². The van der Waals surface area contributed by atoms with E-state index in [4.69, 9.17) is 0 Å². The van der Waals surface area contributed by atoms with Gasteiger partial charge >= 0.3 is 0 Å². The van der Waals surface area contributed by atoms with Crippen LogP contribution >= 0.6 is 0 Å². The van der Waals surface area contributed by atoms with E-state index in [-0.39, 0.29) is 11.9 Å². The fraction of sp³-hybridized carbons (Fsp3) is 0.632. The van der Waals surface area contributed by atoms with Crippen molar-refractivity contribution in [1.29, 1.82) is 0 Å². The second-order valence-corrected chi connectivity index (χ2v) is 7.17. The number of quaternary nitrogens is 1. The molecule has 1 aliphatic rings. The van der Waals surface area contributed by atoms with E-state index < -0.39 is 0 Å². The Hall–Kier alpha value is -1.35. The van der Waals surface area contributed by atoms with Crippen molar-refractivity contribution >= 4 is 11.6 Å². The predicted molar refractivity (Wildman–Crippen MR) is 92.1 cm³/mol. The molecule has 0 heterocycles. The van der Waals surface area contributed by atoms with Crippen LogP contribution in [0.2, 0.25) is 0 Å². The van der Waals surface area contributed by atoms with Gasteiger partial charge in [-0.1, -0.05) is 31.0 Å². The topological polar surface area (TPSA) is 45.7 Å². The highest BCUT2D eigenvalue weighted by atomic mass is 16.2. The Kier molecular flexibility index (Phi) is 5.63. The van der Waals surface area contributed by atoms with Gasteiger partial charge in [0.1, 0.15) is 0 Å². The molecule has 1 saturated carbocycles. The van der Waals surface area contributed by atoms with Crippen LogP contribution in [0.15, 0.2) is 12.1 Å². The molecular formula is C19H31N2O+. The molecule has 1 fully saturated rings. The van der Waals surface area contributed by atoms with Crippen molar-refractivity contribution in [2.24, 2.45) is 5.92 Å². The molecule has 1 aliphatic carbocycles. The summed E-state index contributed by atoms with van der Waals surface area (Å²) < 4.78 is 0. The molecule has 122 valence electrons. The molecule has 3 N–H and O–H groups in total. The molecule has 3 heteroatoms. The van der Waals surface area contributed by atoms with Crippen LogP contribution in [-0.2, 0) is 4.79 Å². The summed E-state index contributed by atoms with van der Waals surface area (Å²) >= 11 is 0. The van der Waals surface area contributed by atoms with Gasteiger partial charge in [-0.3, -0.25) is 4.79 Å². The number of aryl methyl sites for hydroxylation is 3. The molecular weight excluding hydrogens is 272 g/mol. The van der Waals surface area contributed by atoms with E-state index in [0.29, 0.717) is 12.0 Å². The molecule has 0 radical (unpaired) electrons. The Morgan fingerprint density at radius 3 is 2.36 bits per heavy atom. The summed E-state index contributed by atoms with van der Waals surface area (Å²) in [5.74, 6) is 0.833. The van der Waals surface area contributed by atoms with Gasteiger partial charge < -0.3 is 10.6 Å². The van der Waals surface area contributed by atoms with Crippen LogP contribution in [0.3, 0.4) is 0 Å². The highest BCUT2D eigenvalue weighted by molar-refractivity contribution is 5.95. The van der Waals surface area contributed by atoms with E-state index in [0.717, 1.165) is 16.8 Å². The average Bonchev–Trinajstić information content (AvgIpc) is 2.45. The first kappa shape index (κ1) is 17.0. The van der Waals surface area contributed by atoms with Gasteiger partial charge in [-0.15, -0.1) is 0 Å². The number of amides is 1. The molecule has 2 rings (SSSR count). The summed E-state index contributed by atoms with van der Waals surface area (Å²) in [5.41, 5.74) is 4.50. The number of hydrogen-bond acceptors (Lipinski definition) is 1. The highest BCUT2D eigenvalue weighted by Gasteiger charge is 2.28. The first-order valence-corrected chi connectivity index (χ1v) is 8.62. The lowest BCUT2D eigenvalue weighted by Crippen LogP contribution is -2.97. The van der Waals surface area contributed by atoms with Gasteiger partial charge in [0.2, 0.25) is 0 Å². The van der Waals surface area contributed by atoms with Crippen molar-refractivity contribution in [2.45, 2.75) is 72.4 Å². The van der Waals surface area contributed by atoms with Crippen LogP contribution in [0.4, 0.5) is 5.69 Å². The Morgan fingerprint density at radius 2 is 1.77 bits per heavy atom. The lowest BCUT2D eigenvalue weighted by Gasteiger charge is -2.28. The lowest BCUT2D eigenvalue weighted by molar-refractivity contribution is -0.714. The van der Waals surface area contributed by atoms with Gasteiger partial charge in [0.15, 0.2) is 6.04 Å². The summed E-state index contributed by atoms with van der Waals surface area (Å²) in [6.45, 7) is 10.6. The van der Waals surface area contributed by atoms with E-state index in [2.05, 4.69) is 50.5 Å². The Bertz CT molecular complexity index is 515. The van der Waals surface area contributed by atoms with Gasteiger partial charge in [0.25, 0.3) is 5.91 Å². The first-order chi connectivity index (χ1) is 10.4. The quantitative estimate of drug-likeness (QED) is 0.882. The third kappa shape index (κ3) is 4.10. The zero-order valence-electron chi connectivity index (χ0n) is 14.7. The second kappa shape index (κ2) is 7.28. The summed E-state index contributed by atoms with van der Waals surface area (Å²) in [4.78, 5) is 12.5. The molecule has 0 spiro atoms. The van der Waals surface area contributed by atoms with Crippen LogP contribution in [0, 0.1) is 26.7 Å². The monoisotopic (exact) mass is 303 g/mol. The third-order valence-electron chi connectivity index (χ3n) is 5.05. The van der Waals surface area contributed by atoms with Crippen molar-refractivity contribution in [1.82, 2.24) is 0 Å². The number of benzene rings is 1. The van der Waals surface area contributed by atoms with Crippen molar-refractivity contribution in [3.63, 3.8) is 0 Å². The fourth-order valence-electron chi connectivity index (χ4n) is 3.70. The standard InChI is InChI=1S/C19H30N2O/c1-12-10-14(3)18(15(4)11-12)21-19(22)16(5)20-17-9-7-6-8-13(17)2/h10-11,13,16-17,20H,6-9H2,1-5H3,(H,21,22)/p+1/t13-,16-,17-/m0/s1. The van der Waals surface area contributed by atoms with Crippen molar-refractivity contribution < 1.29 is 10.1 Å². The van der Waals surface area contributed by atoms with Gasteiger partial charge in [0.05, 0.1) is 6.04 Å². The molecule has 1 aromatic carbocycles. The highest BCUT2D eigenvalue weighted by Crippen LogP contribution is 2.23. The van der Waals surface area contributed by atoms with Gasteiger partial charge in [-0.25, -0.2) is 0 Å². The van der Waals surface area contributed by atoms with Crippen LogP contribution in [0.25, 0.3) is 0 Å². The summed E-state index contributed by atoms with van der Waals surface area (Å²) in [6, 6.07) is 4.81. The van der Waals surface area contributed by atoms with E-state index >= 15 is 0 Å². The molecule has 22 heavy (non-hydrogen) atoms. The van der Waals surface area contributed by atoms with Crippen molar-refractivity contribution in [2.75, 3.05) is 5.32 Å². The number of nitrogens with one attached hydrogen (secondary N) is 1. The SMILES string of the molecule is Cc1cc(C)c(NC(=O)[C@H](C)[NH2+][C@H]2CCCC[C@@H]2C)c(C)c1. The maximum absolute atomic E-state index is 12.5. The largest absolute Gasteiger partial charge is 0.334 e. The number of nitrogens with two attached hydrogens (primary N) is 1. The van der Waals surface area contributed by atoms with E-state index in [9.17, 15) is 4.79 Å². The molecule has 1 amide bonds. The predicted octanol–water partition coefficient (Wildman–Crippen LogP) is 3.08. The molecule has 0 bridgehead atoms. The maximum Gasteiger partial charge on any atom is 0.282 e. The summed E-state index contributed by atoms with van der Waals surface area (Å²) in [6.07, 6.45) is 5.18. The Labute approximate surface area is 134 Å². The van der Waals surface area contributed by atoms with Crippen LogP contribution in [-0.4, -0.2) is 18.0 Å². The number of carbonyl (C=O) groups is 1. The lowest BCUT2D eigenvalue weighted by atomic mass is 9.85. The van der Waals surface area contributed by atoms with Crippen LogP contribution < -0.4 is 10.6 Å². The Morgan fingerprint density at radius 1 is 1.18 bits per heavy atom. The smallest absolute Gasteiger partial charge is 0.282 e. The summed E-state index contributed by atoms with van der Waals surface area (Å²) in [7, 11) is 0. The number of anilines is 1. The average molecular weight is 303 g/mol. The van der Waals surface area contributed by atoms with Gasteiger partial charge in [-0.05, 0) is 58.1 Å². The molecule has 1 aromatic rings. The maximum atomic E-state index is 12.5. The zero-order chi connectivity index (χ0) is 16.3. The molecule has 0 unspecified atom stereocenters. The third-order valence-corrected chi connectivity index (χ3v) is 5.05. The number of rotatable bonds is 4. The van der Waals surface area contributed by atoms with Crippen LogP contribution in [0.1, 0.15) is 56.2 Å². The summed E-state index contributed by atoms with van der Waals surface area (Å²) in [5, 5.41) is 5.42. The van der Waals surface area contributed by atoms with E-state index in [1.807, 2.05) is 6.92 Å². The van der Waals surface area contributed by atoms with E-state index in [1.54, 1.807) is 0 Å². The first-order valence-electron chi connectivity index (χ1n) is 8.62. The number of carbonyl (C=O) groups excluding carboxylic acids is 1. The number of hydrogen-bond donors (Lipinski definition) is 2. The minimum Gasteiger partial charge on any atom is -0.334 e.